The molecule has 244 valence electrons. The van der Waals surface area contributed by atoms with Gasteiger partial charge in [-0.1, -0.05) is 47.9 Å². The van der Waals surface area contributed by atoms with Crippen molar-refractivity contribution in [2.45, 2.75) is 6.92 Å². The van der Waals surface area contributed by atoms with E-state index in [0.717, 1.165) is 99.1 Å². The Morgan fingerprint density at radius 2 is 1.30 bits per heavy atom. The number of carbonyl (C=O) groups is 1. The van der Waals surface area contributed by atoms with Crippen LogP contribution in [0.4, 0.5) is 0 Å². The smallest absolute Gasteiger partial charge is 0.343 e. The third-order valence-electron chi connectivity index (χ3n) is 7.93. The molecule has 2 aliphatic heterocycles. The van der Waals surface area contributed by atoms with Gasteiger partial charge in [0.05, 0.1) is 46.6 Å². The molecule has 47 heavy (non-hydrogen) atoms. The van der Waals surface area contributed by atoms with Gasteiger partial charge in [-0.05, 0) is 77.7 Å². The minimum Gasteiger partial charge on any atom is -0.489 e. The highest BCUT2D eigenvalue weighted by atomic mass is 16.6. The topological polar surface area (TPSA) is 69.7 Å². The number of rotatable bonds is 10. The predicted octanol–water partition coefficient (Wildman–Crippen LogP) is 4.42. The molecular formula is C39H42N2O6. The second-order valence-electron chi connectivity index (χ2n) is 11.3. The van der Waals surface area contributed by atoms with Crippen LogP contribution in [0.2, 0.25) is 0 Å². The van der Waals surface area contributed by atoms with E-state index in [0.29, 0.717) is 18.1 Å². The van der Waals surface area contributed by atoms with Crippen LogP contribution in [-0.4, -0.2) is 102 Å². The second-order valence-corrected chi connectivity index (χ2v) is 11.3. The van der Waals surface area contributed by atoms with Crippen molar-refractivity contribution in [3.8, 4) is 35.2 Å². The Bertz CT molecular complexity index is 1530. The molecule has 5 rings (SSSR count). The molecule has 8 heteroatoms. The first-order valence-corrected chi connectivity index (χ1v) is 16.0. The van der Waals surface area contributed by atoms with Gasteiger partial charge in [0.2, 0.25) is 0 Å². The molecular weight excluding hydrogens is 592 g/mol. The van der Waals surface area contributed by atoms with E-state index in [9.17, 15) is 4.79 Å². The highest BCUT2D eigenvalue weighted by Gasteiger charge is 2.10. The summed E-state index contributed by atoms with van der Waals surface area (Å²) in [6, 6.07) is 22.2. The number of methoxy groups -OCH3 is 1. The van der Waals surface area contributed by atoms with Crippen molar-refractivity contribution in [3.05, 3.63) is 101 Å². The molecule has 0 spiro atoms. The van der Waals surface area contributed by atoms with E-state index in [1.165, 1.54) is 7.11 Å². The van der Waals surface area contributed by atoms with Crippen LogP contribution in [0, 0.1) is 30.6 Å². The largest absolute Gasteiger partial charge is 0.489 e. The Balaban J connectivity index is 1.29. The first-order valence-electron chi connectivity index (χ1n) is 16.0. The van der Waals surface area contributed by atoms with Crippen LogP contribution >= 0.6 is 0 Å². The maximum Gasteiger partial charge on any atom is 0.343 e. The van der Waals surface area contributed by atoms with Crippen molar-refractivity contribution in [1.29, 1.82) is 0 Å². The Labute approximate surface area is 278 Å². The van der Waals surface area contributed by atoms with Crippen molar-refractivity contribution in [1.82, 2.24) is 9.80 Å². The lowest BCUT2D eigenvalue weighted by Crippen LogP contribution is -2.36. The van der Waals surface area contributed by atoms with Gasteiger partial charge in [-0.15, -0.1) is 0 Å². The van der Waals surface area contributed by atoms with E-state index >= 15 is 0 Å². The summed E-state index contributed by atoms with van der Waals surface area (Å²) in [4.78, 5) is 16.1. The molecule has 0 aromatic heterocycles. The molecule has 2 saturated heterocycles. The Morgan fingerprint density at radius 1 is 0.766 bits per heavy atom. The normalized spacial score (nSPS) is 14.9. The molecule has 0 unspecified atom stereocenters. The summed E-state index contributed by atoms with van der Waals surface area (Å²) in [5.41, 5.74) is 6.02. The van der Waals surface area contributed by atoms with Crippen LogP contribution in [0.5, 0.6) is 11.5 Å². The highest BCUT2D eigenvalue weighted by Crippen LogP contribution is 2.26. The van der Waals surface area contributed by atoms with E-state index in [1.807, 2.05) is 19.1 Å². The fourth-order valence-corrected chi connectivity index (χ4v) is 5.18. The van der Waals surface area contributed by atoms with E-state index in [2.05, 4.69) is 92.8 Å². The van der Waals surface area contributed by atoms with Gasteiger partial charge in [0.15, 0.2) is 6.61 Å². The highest BCUT2D eigenvalue weighted by molar-refractivity contribution is 5.80. The Hall–Kier alpha value is -4.57. The van der Waals surface area contributed by atoms with Gasteiger partial charge in [0.25, 0.3) is 0 Å². The number of esters is 1. The van der Waals surface area contributed by atoms with Crippen molar-refractivity contribution in [2.24, 2.45) is 0 Å². The molecule has 0 saturated carbocycles. The van der Waals surface area contributed by atoms with Gasteiger partial charge in [-0.25, -0.2) is 4.79 Å². The predicted molar refractivity (Wildman–Crippen MR) is 182 cm³/mol. The molecule has 2 aliphatic rings. The minimum absolute atomic E-state index is 0.139. The fraction of sp³-hybridized carbons (Fsp3) is 0.359. The maximum atomic E-state index is 11.4. The maximum absolute atomic E-state index is 11.4. The van der Waals surface area contributed by atoms with Crippen LogP contribution in [-0.2, 0) is 19.0 Å². The summed E-state index contributed by atoms with van der Waals surface area (Å²) in [7, 11) is 1.34. The number of morpholine rings is 2. The van der Waals surface area contributed by atoms with Crippen LogP contribution < -0.4 is 9.47 Å². The molecule has 8 nitrogen and oxygen atoms in total. The van der Waals surface area contributed by atoms with Crippen LogP contribution in [0.15, 0.2) is 72.8 Å². The van der Waals surface area contributed by atoms with Crippen LogP contribution in [0.25, 0.3) is 5.57 Å². The van der Waals surface area contributed by atoms with E-state index < -0.39 is 5.97 Å². The van der Waals surface area contributed by atoms with Gasteiger partial charge in [0, 0.05) is 37.3 Å². The zero-order valence-electron chi connectivity index (χ0n) is 27.3. The molecule has 3 aromatic carbocycles. The number of aryl methyl sites for hydroxylation is 1. The van der Waals surface area contributed by atoms with Gasteiger partial charge in [-0.3, -0.25) is 9.80 Å². The quantitative estimate of drug-likeness (QED) is 0.240. The van der Waals surface area contributed by atoms with Crippen molar-refractivity contribution < 1.29 is 28.5 Å². The molecule has 0 atom stereocenters. The zero-order chi connectivity index (χ0) is 32.7. The summed E-state index contributed by atoms with van der Waals surface area (Å²) in [6.07, 6.45) is 2.09. The Kier molecular flexibility index (Phi) is 12.9. The lowest BCUT2D eigenvalue weighted by molar-refractivity contribution is -0.142. The molecule has 0 bridgehead atoms. The molecule has 3 aromatic rings. The molecule has 0 radical (unpaired) electrons. The first kappa shape index (κ1) is 33.8. The number of hydrogen-bond donors (Lipinski definition) is 0. The number of nitrogens with zero attached hydrogens (tertiary/aromatic N) is 2. The molecule has 2 fully saturated rings. The van der Waals surface area contributed by atoms with Crippen LogP contribution in [0.1, 0.15) is 27.8 Å². The number of carbonyl (C=O) groups excluding carboxylic acids is 1. The molecule has 0 aliphatic carbocycles. The van der Waals surface area contributed by atoms with E-state index in [1.54, 1.807) is 6.07 Å². The summed E-state index contributed by atoms with van der Waals surface area (Å²) in [5.74, 6) is 14.1. The minimum atomic E-state index is -0.427. The SMILES string of the molecule is COC(=O)COc1ccc(OCC=C(c2ccc(C#CCN3CCOCC3)cc2)c2ccc(C#CCN3CCOCC3)cc2)cc1C. The van der Waals surface area contributed by atoms with Gasteiger partial charge >= 0.3 is 5.97 Å². The lowest BCUT2D eigenvalue weighted by Gasteiger charge is -2.24. The third kappa shape index (κ3) is 10.7. The lowest BCUT2D eigenvalue weighted by atomic mass is 9.96. The molecule has 0 N–H and O–H groups in total. The number of ether oxygens (including phenoxy) is 5. The van der Waals surface area contributed by atoms with Gasteiger partial charge < -0.3 is 23.7 Å². The van der Waals surface area contributed by atoms with Crippen molar-refractivity contribution >= 4 is 11.5 Å². The van der Waals surface area contributed by atoms with Crippen molar-refractivity contribution in [3.63, 3.8) is 0 Å². The van der Waals surface area contributed by atoms with Crippen LogP contribution in [0.3, 0.4) is 0 Å². The summed E-state index contributed by atoms with van der Waals surface area (Å²) < 4.78 is 27.2. The monoisotopic (exact) mass is 634 g/mol. The number of hydrogen-bond acceptors (Lipinski definition) is 8. The van der Waals surface area contributed by atoms with Gasteiger partial charge in [0.1, 0.15) is 18.1 Å². The van der Waals surface area contributed by atoms with E-state index in [4.69, 9.17) is 18.9 Å². The molecule has 2 heterocycles. The summed E-state index contributed by atoms with van der Waals surface area (Å²) in [5, 5.41) is 0. The standard InChI is InChI=1S/C39H42N2O6/c1-31-29-36(15-16-38(31)47-30-39(42)43-2)46-24-17-37(34-11-7-32(8-12-34)5-3-18-40-20-25-44-26-21-40)35-13-9-33(10-14-35)6-4-19-41-22-27-45-28-23-41/h7-17,29H,18-28,30H2,1-2H3. The summed E-state index contributed by atoms with van der Waals surface area (Å²) in [6.45, 7) is 10.4. The van der Waals surface area contributed by atoms with E-state index in [-0.39, 0.29) is 6.61 Å². The third-order valence-corrected chi connectivity index (χ3v) is 7.93. The zero-order valence-corrected chi connectivity index (χ0v) is 27.3. The van der Waals surface area contributed by atoms with Gasteiger partial charge in [-0.2, -0.15) is 0 Å². The fourth-order valence-electron chi connectivity index (χ4n) is 5.18. The second kappa shape index (κ2) is 17.9. The molecule has 0 amide bonds. The number of benzene rings is 3. The first-order chi connectivity index (χ1) is 23.1. The summed E-state index contributed by atoms with van der Waals surface area (Å²) >= 11 is 0. The van der Waals surface area contributed by atoms with Crippen molar-refractivity contribution in [2.75, 3.05) is 86.0 Å². The average Bonchev–Trinajstić information content (AvgIpc) is 3.11. The Morgan fingerprint density at radius 3 is 1.79 bits per heavy atom. The average molecular weight is 635 g/mol.